The first-order valence-electron chi connectivity index (χ1n) is 7.31. The van der Waals surface area contributed by atoms with E-state index in [1.54, 1.807) is 7.11 Å². The molecule has 0 saturated carbocycles. The maximum Gasteiger partial charge on any atom is 0.118 e. The standard InChI is InChI=1S/C18H18N2O/c1-21-12-7-5-11(6-8-12)18-14-9-10-15(19)13-3-2-4-16(20-18)17(13)14/h2-8,15,20H,9-10,19H2,1H3. The summed E-state index contributed by atoms with van der Waals surface area (Å²) in [4.78, 5) is 3.57. The highest BCUT2D eigenvalue weighted by molar-refractivity contribution is 5.94. The lowest BCUT2D eigenvalue weighted by Gasteiger charge is -2.20. The van der Waals surface area contributed by atoms with Crippen LogP contribution < -0.4 is 10.5 Å². The molecule has 0 saturated heterocycles. The Balaban J connectivity index is 1.94. The molecule has 21 heavy (non-hydrogen) atoms. The van der Waals surface area contributed by atoms with Crippen LogP contribution in [0, 0.1) is 0 Å². The molecule has 3 heteroatoms. The fourth-order valence-corrected chi connectivity index (χ4v) is 3.36. The molecule has 4 rings (SSSR count). The molecule has 3 N–H and O–H groups in total. The number of hydrogen-bond acceptors (Lipinski definition) is 2. The van der Waals surface area contributed by atoms with Crippen LogP contribution in [-0.2, 0) is 6.42 Å². The van der Waals surface area contributed by atoms with Gasteiger partial charge in [-0.25, -0.2) is 0 Å². The van der Waals surface area contributed by atoms with Crippen LogP contribution in [-0.4, -0.2) is 12.1 Å². The highest BCUT2D eigenvalue weighted by Crippen LogP contribution is 2.39. The van der Waals surface area contributed by atoms with Crippen molar-refractivity contribution in [1.29, 1.82) is 0 Å². The molecule has 1 aliphatic rings. The summed E-state index contributed by atoms with van der Waals surface area (Å²) in [6.07, 6.45) is 2.03. The predicted octanol–water partition coefficient (Wildman–Crippen LogP) is 3.79. The van der Waals surface area contributed by atoms with Gasteiger partial charge >= 0.3 is 0 Å². The average Bonchev–Trinajstić information content (AvgIpc) is 2.91. The first-order chi connectivity index (χ1) is 10.3. The summed E-state index contributed by atoms with van der Waals surface area (Å²) < 4.78 is 5.24. The van der Waals surface area contributed by atoms with Crippen LogP contribution in [0.2, 0.25) is 0 Å². The third kappa shape index (κ3) is 1.85. The van der Waals surface area contributed by atoms with Crippen molar-refractivity contribution in [2.75, 3.05) is 7.11 Å². The summed E-state index contributed by atoms with van der Waals surface area (Å²) in [7, 11) is 1.69. The molecule has 0 aliphatic heterocycles. The number of nitrogens with two attached hydrogens (primary N) is 1. The number of ether oxygens (including phenoxy) is 1. The van der Waals surface area contributed by atoms with E-state index in [2.05, 4.69) is 35.3 Å². The van der Waals surface area contributed by atoms with Crippen molar-refractivity contribution in [1.82, 2.24) is 4.98 Å². The maximum atomic E-state index is 6.26. The molecule has 3 nitrogen and oxygen atoms in total. The van der Waals surface area contributed by atoms with Crippen LogP contribution in [0.4, 0.5) is 0 Å². The average molecular weight is 278 g/mol. The fourth-order valence-electron chi connectivity index (χ4n) is 3.36. The minimum Gasteiger partial charge on any atom is -0.497 e. The molecule has 0 bridgehead atoms. The van der Waals surface area contributed by atoms with E-state index in [1.165, 1.54) is 33.3 Å². The van der Waals surface area contributed by atoms with E-state index in [0.717, 1.165) is 18.6 Å². The second-order valence-corrected chi connectivity index (χ2v) is 5.62. The van der Waals surface area contributed by atoms with E-state index >= 15 is 0 Å². The lowest BCUT2D eigenvalue weighted by atomic mass is 9.87. The smallest absolute Gasteiger partial charge is 0.118 e. The second kappa shape index (κ2) is 4.64. The molecule has 2 aromatic carbocycles. The first-order valence-corrected chi connectivity index (χ1v) is 7.31. The Hall–Kier alpha value is -2.26. The van der Waals surface area contributed by atoms with Crippen LogP contribution in [0.15, 0.2) is 42.5 Å². The Morgan fingerprint density at radius 2 is 1.95 bits per heavy atom. The monoisotopic (exact) mass is 278 g/mol. The van der Waals surface area contributed by atoms with Gasteiger partial charge in [0.1, 0.15) is 5.75 Å². The van der Waals surface area contributed by atoms with Gasteiger partial charge in [0.25, 0.3) is 0 Å². The van der Waals surface area contributed by atoms with Crippen molar-refractivity contribution in [3.05, 3.63) is 53.6 Å². The van der Waals surface area contributed by atoms with Crippen LogP contribution in [0.1, 0.15) is 23.6 Å². The first kappa shape index (κ1) is 12.5. The number of hydrogen-bond donors (Lipinski definition) is 2. The third-order valence-corrected chi connectivity index (χ3v) is 4.44. The highest BCUT2D eigenvalue weighted by atomic mass is 16.5. The number of benzene rings is 2. The highest BCUT2D eigenvalue weighted by Gasteiger charge is 2.23. The lowest BCUT2D eigenvalue weighted by molar-refractivity contribution is 0.415. The zero-order chi connectivity index (χ0) is 14.4. The summed E-state index contributed by atoms with van der Waals surface area (Å²) in [6.45, 7) is 0. The van der Waals surface area contributed by atoms with Crippen LogP contribution in [0.25, 0.3) is 22.2 Å². The van der Waals surface area contributed by atoms with E-state index in [9.17, 15) is 0 Å². The molecule has 106 valence electrons. The molecule has 3 aromatic rings. The molecular weight excluding hydrogens is 260 g/mol. The number of rotatable bonds is 2. The molecule has 0 spiro atoms. The van der Waals surface area contributed by atoms with E-state index < -0.39 is 0 Å². The summed E-state index contributed by atoms with van der Waals surface area (Å²) in [5.74, 6) is 0.881. The van der Waals surface area contributed by atoms with E-state index in [0.29, 0.717) is 0 Å². The fraction of sp³-hybridized carbons (Fsp3) is 0.222. The maximum absolute atomic E-state index is 6.26. The van der Waals surface area contributed by atoms with Crippen molar-refractivity contribution < 1.29 is 4.74 Å². The van der Waals surface area contributed by atoms with Crippen LogP contribution in [0.5, 0.6) is 5.75 Å². The SMILES string of the molecule is COc1ccc(-c2[nH]c3cccc4c3c2CCC4N)cc1. The molecule has 1 aromatic heterocycles. The second-order valence-electron chi connectivity index (χ2n) is 5.62. The van der Waals surface area contributed by atoms with Crippen molar-refractivity contribution in [3.8, 4) is 17.0 Å². The summed E-state index contributed by atoms with van der Waals surface area (Å²) in [6, 6.07) is 14.7. The Labute approximate surface area is 123 Å². The zero-order valence-electron chi connectivity index (χ0n) is 12.0. The van der Waals surface area contributed by atoms with Crippen LogP contribution >= 0.6 is 0 Å². The van der Waals surface area contributed by atoms with Gasteiger partial charge in [-0.15, -0.1) is 0 Å². The molecule has 1 atom stereocenters. The molecule has 1 heterocycles. The number of H-pyrrole nitrogens is 1. The minimum atomic E-state index is 0.153. The molecule has 1 unspecified atom stereocenters. The van der Waals surface area contributed by atoms with Gasteiger partial charge in [0.05, 0.1) is 7.11 Å². The normalized spacial score (nSPS) is 17.1. The van der Waals surface area contributed by atoms with Crippen molar-refractivity contribution in [2.24, 2.45) is 5.73 Å². The van der Waals surface area contributed by atoms with Gasteiger partial charge in [-0.05, 0) is 59.9 Å². The van der Waals surface area contributed by atoms with Gasteiger partial charge in [0.2, 0.25) is 0 Å². The van der Waals surface area contributed by atoms with Gasteiger partial charge in [-0.2, -0.15) is 0 Å². The number of aryl methyl sites for hydroxylation is 1. The number of nitrogens with one attached hydrogen (secondary N) is 1. The summed E-state index contributed by atoms with van der Waals surface area (Å²) >= 11 is 0. The third-order valence-electron chi connectivity index (χ3n) is 4.44. The Morgan fingerprint density at radius 1 is 1.14 bits per heavy atom. The molecule has 0 radical (unpaired) electrons. The Morgan fingerprint density at radius 3 is 2.71 bits per heavy atom. The van der Waals surface area contributed by atoms with E-state index in [4.69, 9.17) is 10.5 Å². The van der Waals surface area contributed by atoms with E-state index in [1.807, 2.05) is 12.1 Å². The largest absolute Gasteiger partial charge is 0.497 e. The number of aromatic nitrogens is 1. The van der Waals surface area contributed by atoms with E-state index in [-0.39, 0.29) is 6.04 Å². The van der Waals surface area contributed by atoms with Gasteiger partial charge in [-0.3, -0.25) is 0 Å². The van der Waals surface area contributed by atoms with Gasteiger partial charge < -0.3 is 15.5 Å². The molecule has 0 amide bonds. The van der Waals surface area contributed by atoms with Gasteiger partial charge in [0, 0.05) is 22.6 Å². The van der Waals surface area contributed by atoms with Crippen molar-refractivity contribution in [2.45, 2.75) is 18.9 Å². The summed E-state index contributed by atoms with van der Waals surface area (Å²) in [5.41, 5.74) is 12.5. The zero-order valence-corrected chi connectivity index (χ0v) is 12.0. The van der Waals surface area contributed by atoms with Crippen molar-refractivity contribution >= 4 is 10.9 Å². The minimum absolute atomic E-state index is 0.153. The topological polar surface area (TPSA) is 51.0 Å². The number of methoxy groups -OCH3 is 1. The van der Waals surface area contributed by atoms with Crippen molar-refractivity contribution in [3.63, 3.8) is 0 Å². The number of aromatic amines is 1. The lowest BCUT2D eigenvalue weighted by Crippen LogP contribution is -2.15. The molecule has 0 fully saturated rings. The van der Waals surface area contributed by atoms with Gasteiger partial charge in [0.15, 0.2) is 0 Å². The Kier molecular flexibility index (Phi) is 2.76. The molecule has 1 aliphatic carbocycles. The molecular formula is C18H18N2O. The summed E-state index contributed by atoms with van der Waals surface area (Å²) in [5, 5.41) is 1.32. The predicted molar refractivity (Wildman–Crippen MR) is 85.5 cm³/mol. The Bertz CT molecular complexity index is 802. The van der Waals surface area contributed by atoms with Crippen LogP contribution in [0.3, 0.4) is 0 Å². The van der Waals surface area contributed by atoms with Gasteiger partial charge in [-0.1, -0.05) is 12.1 Å². The quantitative estimate of drug-likeness (QED) is 0.749.